The average molecular weight is 491 g/mol. The summed E-state index contributed by atoms with van der Waals surface area (Å²) in [5.74, 6) is -2.46. The molecule has 184 valence electrons. The van der Waals surface area contributed by atoms with Gasteiger partial charge in [-0.15, -0.1) is 0 Å². The molecule has 0 saturated heterocycles. The number of nitro groups is 1. The van der Waals surface area contributed by atoms with Crippen LogP contribution in [0.2, 0.25) is 0 Å². The summed E-state index contributed by atoms with van der Waals surface area (Å²) in [6, 6.07) is 16.1. The molecule has 3 amide bonds. The van der Waals surface area contributed by atoms with Gasteiger partial charge < -0.3 is 20.5 Å². The Hall–Kier alpha value is -5.26. The van der Waals surface area contributed by atoms with Crippen LogP contribution in [0, 0.1) is 10.1 Å². The van der Waals surface area contributed by atoms with E-state index < -0.39 is 22.6 Å². The number of aromatic hydroxyl groups is 1. The highest BCUT2D eigenvalue weighted by Crippen LogP contribution is 2.22. The van der Waals surface area contributed by atoms with Crippen molar-refractivity contribution in [3.05, 3.63) is 88.0 Å². The average Bonchev–Trinajstić information content (AvgIpc) is 2.86. The SMILES string of the molecule is CCOc1ccc(NC(=O)c2ccccc2NC(=O)C(=O)N/N=C\c2cc([N+](=O)[O-])ccc2O)cc1. The van der Waals surface area contributed by atoms with Crippen molar-refractivity contribution >= 4 is 41.0 Å². The Morgan fingerprint density at radius 2 is 1.75 bits per heavy atom. The van der Waals surface area contributed by atoms with Gasteiger partial charge in [0.05, 0.1) is 29.0 Å². The van der Waals surface area contributed by atoms with E-state index in [0.717, 1.165) is 24.4 Å². The molecule has 0 spiro atoms. The van der Waals surface area contributed by atoms with Gasteiger partial charge in [0.2, 0.25) is 0 Å². The van der Waals surface area contributed by atoms with Crippen molar-refractivity contribution in [3.8, 4) is 11.5 Å². The standard InChI is InChI=1S/C24H21N5O7/c1-2-36-18-10-7-16(8-11-18)26-22(31)19-5-3-4-6-20(19)27-23(32)24(33)28-25-14-15-13-17(29(34)35)9-12-21(15)30/h3-14,30H,2H2,1H3,(H,26,31)(H,27,32)(H,28,33)/b25-14-. The lowest BCUT2D eigenvalue weighted by Gasteiger charge is -2.11. The van der Waals surface area contributed by atoms with Gasteiger partial charge in [0.1, 0.15) is 11.5 Å². The second-order valence-electron chi connectivity index (χ2n) is 7.11. The summed E-state index contributed by atoms with van der Waals surface area (Å²) in [5.41, 5.74) is 2.32. The maximum atomic E-state index is 12.7. The second kappa shape index (κ2) is 11.7. The highest BCUT2D eigenvalue weighted by molar-refractivity contribution is 6.40. The number of amides is 3. The molecular weight excluding hydrogens is 470 g/mol. The molecule has 0 atom stereocenters. The van der Waals surface area contributed by atoms with Crippen LogP contribution in [-0.2, 0) is 9.59 Å². The smallest absolute Gasteiger partial charge is 0.329 e. The van der Waals surface area contributed by atoms with Gasteiger partial charge in [-0.3, -0.25) is 24.5 Å². The number of non-ortho nitro benzene ring substituents is 1. The first-order valence-corrected chi connectivity index (χ1v) is 10.5. The Morgan fingerprint density at radius 3 is 2.44 bits per heavy atom. The third kappa shape index (κ3) is 6.63. The van der Waals surface area contributed by atoms with Gasteiger partial charge in [-0.1, -0.05) is 12.1 Å². The molecule has 0 aromatic heterocycles. The van der Waals surface area contributed by atoms with Crippen molar-refractivity contribution in [2.75, 3.05) is 17.2 Å². The number of hydrogen-bond donors (Lipinski definition) is 4. The van der Waals surface area contributed by atoms with Crippen molar-refractivity contribution in [2.45, 2.75) is 6.92 Å². The van der Waals surface area contributed by atoms with Crippen LogP contribution in [0.5, 0.6) is 11.5 Å². The van der Waals surface area contributed by atoms with Gasteiger partial charge >= 0.3 is 11.8 Å². The lowest BCUT2D eigenvalue weighted by atomic mass is 10.1. The van der Waals surface area contributed by atoms with E-state index in [1.165, 1.54) is 12.1 Å². The Kier molecular flexibility index (Phi) is 8.27. The number of para-hydroxylation sites is 1. The summed E-state index contributed by atoms with van der Waals surface area (Å²) < 4.78 is 5.36. The van der Waals surface area contributed by atoms with Crippen LogP contribution >= 0.6 is 0 Å². The van der Waals surface area contributed by atoms with Crippen LogP contribution in [0.3, 0.4) is 0 Å². The molecule has 0 aliphatic heterocycles. The molecule has 3 rings (SSSR count). The van der Waals surface area contributed by atoms with Gasteiger partial charge in [0.15, 0.2) is 0 Å². The highest BCUT2D eigenvalue weighted by Gasteiger charge is 2.18. The number of nitrogens with one attached hydrogen (secondary N) is 3. The van der Waals surface area contributed by atoms with Crippen molar-refractivity contribution in [1.82, 2.24) is 5.43 Å². The lowest BCUT2D eigenvalue weighted by Crippen LogP contribution is -2.33. The van der Waals surface area contributed by atoms with E-state index in [1.807, 2.05) is 12.3 Å². The van der Waals surface area contributed by atoms with Crippen LogP contribution in [-0.4, -0.2) is 40.6 Å². The zero-order chi connectivity index (χ0) is 26.1. The Morgan fingerprint density at radius 1 is 1.03 bits per heavy atom. The molecule has 3 aromatic rings. The molecule has 3 aromatic carbocycles. The number of rotatable bonds is 8. The minimum absolute atomic E-state index is 0.0405. The van der Waals surface area contributed by atoms with E-state index in [-0.39, 0.29) is 28.3 Å². The maximum Gasteiger partial charge on any atom is 0.329 e. The third-order valence-electron chi connectivity index (χ3n) is 4.64. The van der Waals surface area contributed by atoms with Crippen LogP contribution in [0.1, 0.15) is 22.8 Å². The first kappa shape index (κ1) is 25.4. The van der Waals surface area contributed by atoms with Crippen molar-refractivity contribution < 1.29 is 29.2 Å². The predicted molar refractivity (Wildman–Crippen MR) is 131 cm³/mol. The molecule has 36 heavy (non-hydrogen) atoms. The first-order valence-electron chi connectivity index (χ1n) is 10.5. The number of hydrazone groups is 1. The maximum absolute atomic E-state index is 12.7. The number of hydrogen-bond acceptors (Lipinski definition) is 8. The number of benzene rings is 3. The van der Waals surface area contributed by atoms with Crippen LogP contribution in [0.4, 0.5) is 17.1 Å². The molecule has 4 N–H and O–H groups in total. The highest BCUT2D eigenvalue weighted by atomic mass is 16.6. The topological polar surface area (TPSA) is 172 Å². The minimum atomic E-state index is -1.17. The summed E-state index contributed by atoms with van der Waals surface area (Å²) in [6.45, 7) is 2.37. The minimum Gasteiger partial charge on any atom is -0.507 e. The third-order valence-corrected chi connectivity index (χ3v) is 4.64. The normalized spacial score (nSPS) is 10.5. The monoisotopic (exact) mass is 491 g/mol. The van der Waals surface area contributed by atoms with E-state index in [0.29, 0.717) is 18.0 Å². The number of carbonyl (C=O) groups excluding carboxylic acids is 3. The van der Waals surface area contributed by atoms with Crippen LogP contribution < -0.4 is 20.8 Å². The molecule has 0 fully saturated rings. The van der Waals surface area contributed by atoms with Crippen molar-refractivity contribution in [3.63, 3.8) is 0 Å². The van der Waals surface area contributed by atoms with E-state index in [1.54, 1.807) is 36.4 Å². The molecule has 0 radical (unpaired) electrons. The number of anilines is 2. The fourth-order valence-electron chi connectivity index (χ4n) is 2.94. The van der Waals surface area contributed by atoms with Gasteiger partial charge in [-0.25, -0.2) is 5.43 Å². The van der Waals surface area contributed by atoms with Gasteiger partial charge in [-0.2, -0.15) is 5.10 Å². The summed E-state index contributed by atoms with van der Waals surface area (Å²) in [4.78, 5) is 47.4. The quantitative estimate of drug-likeness (QED) is 0.162. The molecule has 0 aliphatic carbocycles. The first-order chi connectivity index (χ1) is 17.3. The summed E-state index contributed by atoms with van der Waals surface area (Å²) >= 11 is 0. The largest absolute Gasteiger partial charge is 0.507 e. The van der Waals surface area contributed by atoms with Crippen LogP contribution in [0.25, 0.3) is 0 Å². The van der Waals surface area contributed by atoms with E-state index in [9.17, 15) is 29.6 Å². The summed E-state index contributed by atoms with van der Waals surface area (Å²) in [7, 11) is 0. The lowest BCUT2D eigenvalue weighted by molar-refractivity contribution is -0.384. The predicted octanol–water partition coefficient (Wildman–Crippen LogP) is 3.04. The molecule has 0 aliphatic rings. The fraction of sp³-hybridized carbons (Fsp3) is 0.0833. The Bertz CT molecular complexity index is 1320. The fourth-order valence-corrected chi connectivity index (χ4v) is 2.94. The molecule has 0 heterocycles. The van der Waals surface area contributed by atoms with Crippen LogP contribution in [0.15, 0.2) is 71.8 Å². The Balaban J connectivity index is 1.64. The zero-order valence-corrected chi connectivity index (χ0v) is 18.9. The second-order valence-corrected chi connectivity index (χ2v) is 7.11. The number of nitro benzene ring substituents is 1. The number of phenols is 1. The van der Waals surface area contributed by atoms with Gasteiger partial charge in [0, 0.05) is 23.4 Å². The van der Waals surface area contributed by atoms with Crippen molar-refractivity contribution in [2.24, 2.45) is 5.10 Å². The molecular formula is C24H21N5O7. The van der Waals surface area contributed by atoms with Gasteiger partial charge in [0.25, 0.3) is 11.6 Å². The number of carbonyl (C=O) groups is 3. The molecule has 12 heteroatoms. The number of nitrogens with zero attached hydrogens (tertiary/aromatic N) is 2. The van der Waals surface area contributed by atoms with Crippen molar-refractivity contribution in [1.29, 1.82) is 0 Å². The molecule has 0 bridgehead atoms. The summed E-state index contributed by atoms with van der Waals surface area (Å²) in [5, 5.41) is 29.2. The van der Waals surface area contributed by atoms with E-state index in [4.69, 9.17) is 4.74 Å². The molecule has 0 unspecified atom stereocenters. The number of phenolic OH excluding ortho intramolecular Hbond substituents is 1. The zero-order valence-electron chi connectivity index (χ0n) is 18.9. The summed E-state index contributed by atoms with van der Waals surface area (Å²) in [6.07, 6.45) is 0.950. The number of ether oxygens (including phenoxy) is 1. The molecule has 12 nitrogen and oxygen atoms in total. The molecule has 0 saturated carbocycles. The Labute approximate surface area is 204 Å². The van der Waals surface area contributed by atoms with Gasteiger partial charge in [-0.05, 0) is 49.4 Å². The van der Waals surface area contributed by atoms with E-state index >= 15 is 0 Å². The van der Waals surface area contributed by atoms with E-state index in [2.05, 4.69) is 15.7 Å².